The maximum Gasteiger partial charge on any atom is 0.311 e. The second-order valence-electron chi connectivity index (χ2n) is 6.71. The molecule has 0 bridgehead atoms. The number of nitro benzene ring substituents is 1. The van der Waals surface area contributed by atoms with E-state index in [-0.39, 0.29) is 29.6 Å². The summed E-state index contributed by atoms with van der Waals surface area (Å²) in [6.07, 6.45) is 0. The minimum Gasteiger partial charge on any atom is -0.490 e. The predicted octanol–water partition coefficient (Wildman–Crippen LogP) is 3.84. The van der Waals surface area contributed by atoms with Crippen LogP contribution >= 0.6 is 23.2 Å². The van der Waals surface area contributed by atoms with Gasteiger partial charge >= 0.3 is 5.69 Å². The third-order valence-electron chi connectivity index (χ3n) is 4.58. The number of methoxy groups -OCH3 is 1. The molecular formula is C21H23Cl2N3O6. The van der Waals surface area contributed by atoms with Gasteiger partial charge in [-0.05, 0) is 37.6 Å². The molecule has 0 aliphatic heterocycles. The number of nitrogens with one attached hydrogen (secondary N) is 1. The Morgan fingerprint density at radius 1 is 1.22 bits per heavy atom. The summed E-state index contributed by atoms with van der Waals surface area (Å²) in [4.78, 5) is 37.2. The van der Waals surface area contributed by atoms with Gasteiger partial charge in [0.15, 0.2) is 6.61 Å². The Hall–Kier alpha value is -3.04. The molecule has 0 unspecified atom stereocenters. The zero-order valence-corrected chi connectivity index (χ0v) is 19.3. The SMILES string of the molecule is CCNC(=O)[C@H](C)N(Cc1ccc(Cl)cc1Cl)C(=O)COc1ccc([N+](=O)[O-])c(OC)c1. The van der Waals surface area contributed by atoms with E-state index in [4.69, 9.17) is 32.7 Å². The molecule has 32 heavy (non-hydrogen) atoms. The third kappa shape index (κ3) is 6.48. The molecule has 0 aliphatic carbocycles. The van der Waals surface area contributed by atoms with E-state index >= 15 is 0 Å². The summed E-state index contributed by atoms with van der Waals surface area (Å²) >= 11 is 12.2. The van der Waals surface area contributed by atoms with Gasteiger partial charge < -0.3 is 19.7 Å². The molecule has 11 heteroatoms. The van der Waals surface area contributed by atoms with Crippen LogP contribution in [0, 0.1) is 10.1 Å². The minimum absolute atomic E-state index is 0.000410. The van der Waals surface area contributed by atoms with Crippen LogP contribution in [0.1, 0.15) is 19.4 Å². The first-order valence-corrected chi connectivity index (χ1v) is 10.4. The molecule has 0 heterocycles. The molecular weight excluding hydrogens is 461 g/mol. The van der Waals surface area contributed by atoms with Crippen LogP contribution in [0.5, 0.6) is 11.5 Å². The average molecular weight is 484 g/mol. The number of likely N-dealkylation sites (N-methyl/N-ethyl adjacent to an activating group) is 1. The van der Waals surface area contributed by atoms with Crippen LogP contribution in [0.15, 0.2) is 36.4 Å². The van der Waals surface area contributed by atoms with E-state index in [9.17, 15) is 19.7 Å². The molecule has 0 radical (unpaired) electrons. The van der Waals surface area contributed by atoms with E-state index in [2.05, 4.69) is 5.32 Å². The second-order valence-corrected chi connectivity index (χ2v) is 7.55. The van der Waals surface area contributed by atoms with Gasteiger partial charge in [-0.3, -0.25) is 19.7 Å². The van der Waals surface area contributed by atoms with Gasteiger partial charge in [-0.1, -0.05) is 29.3 Å². The number of carbonyl (C=O) groups is 2. The van der Waals surface area contributed by atoms with Gasteiger partial charge in [0.25, 0.3) is 5.91 Å². The number of halogens is 2. The first kappa shape index (κ1) is 25.2. The Morgan fingerprint density at radius 3 is 2.53 bits per heavy atom. The standard InChI is InChI=1S/C21H23Cl2N3O6/c1-4-24-21(28)13(2)25(11-14-5-6-15(22)9-17(14)23)20(27)12-32-16-7-8-18(26(29)30)19(10-16)31-3/h5-10,13H,4,11-12H2,1-3H3,(H,24,28)/t13-/m0/s1. The van der Waals surface area contributed by atoms with Crippen molar-refractivity contribution >= 4 is 40.7 Å². The fourth-order valence-corrected chi connectivity index (χ4v) is 3.33. The molecule has 2 rings (SSSR count). The third-order valence-corrected chi connectivity index (χ3v) is 5.17. The van der Waals surface area contributed by atoms with Crippen molar-refractivity contribution in [1.29, 1.82) is 0 Å². The van der Waals surface area contributed by atoms with E-state index in [1.165, 1.54) is 30.2 Å². The minimum atomic E-state index is -0.802. The van der Waals surface area contributed by atoms with Crippen molar-refractivity contribution in [1.82, 2.24) is 10.2 Å². The average Bonchev–Trinajstić information content (AvgIpc) is 2.76. The van der Waals surface area contributed by atoms with Gasteiger partial charge in [0.05, 0.1) is 12.0 Å². The highest BCUT2D eigenvalue weighted by atomic mass is 35.5. The molecule has 0 saturated heterocycles. The number of ether oxygens (including phenoxy) is 2. The highest BCUT2D eigenvalue weighted by Gasteiger charge is 2.27. The van der Waals surface area contributed by atoms with Gasteiger partial charge in [0.1, 0.15) is 11.8 Å². The van der Waals surface area contributed by atoms with Crippen LogP contribution in [0.3, 0.4) is 0 Å². The Labute approximate surface area is 195 Å². The normalized spacial score (nSPS) is 11.4. The lowest BCUT2D eigenvalue weighted by atomic mass is 10.1. The topological polar surface area (TPSA) is 111 Å². The number of carbonyl (C=O) groups excluding carboxylic acids is 2. The van der Waals surface area contributed by atoms with Crippen molar-refractivity contribution in [3.05, 3.63) is 62.1 Å². The van der Waals surface area contributed by atoms with Gasteiger partial charge in [-0.25, -0.2) is 0 Å². The van der Waals surface area contributed by atoms with Crippen molar-refractivity contribution in [3.63, 3.8) is 0 Å². The molecule has 0 spiro atoms. The maximum atomic E-state index is 13.0. The molecule has 2 aromatic carbocycles. The van der Waals surface area contributed by atoms with Crippen molar-refractivity contribution in [3.8, 4) is 11.5 Å². The van der Waals surface area contributed by atoms with Crippen LogP contribution in [0.25, 0.3) is 0 Å². The van der Waals surface area contributed by atoms with E-state index in [0.29, 0.717) is 22.2 Å². The quantitative estimate of drug-likeness (QED) is 0.405. The maximum absolute atomic E-state index is 13.0. The Balaban J connectivity index is 2.22. The van der Waals surface area contributed by atoms with E-state index < -0.39 is 23.5 Å². The molecule has 0 aromatic heterocycles. The zero-order chi connectivity index (χ0) is 23.8. The van der Waals surface area contributed by atoms with Crippen LogP contribution in [-0.2, 0) is 16.1 Å². The lowest BCUT2D eigenvalue weighted by Crippen LogP contribution is -2.49. The van der Waals surface area contributed by atoms with E-state index in [1.54, 1.807) is 32.0 Å². The van der Waals surface area contributed by atoms with Crippen molar-refractivity contribution in [2.24, 2.45) is 0 Å². The summed E-state index contributed by atoms with van der Waals surface area (Å²) in [5.74, 6) is -0.605. The zero-order valence-electron chi connectivity index (χ0n) is 17.8. The first-order valence-electron chi connectivity index (χ1n) is 9.64. The van der Waals surface area contributed by atoms with Crippen LogP contribution < -0.4 is 14.8 Å². The van der Waals surface area contributed by atoms with Crippen molar-refractivity contribution < 1.29 is 24.0 Å². The molecule has 172 valence electrons. The number of hydrogen-bond acceptors (Lipinski definition) is 6. The van der Waals surface area contributed by atoms with Gasteiger partial charge in [-0.2, -0.15) is 0 Å². The summed E-state index contributed by atoms with van der Waals surface area (Å²) in [6, 6.07) is 7.97. The Morgan fingerprint density at radius 2 is 1.94 bits per heavy atom. The Bertz CT molecular complexity index is 1000. The number of nitro groups is 1. The summed E-state index contributed by atoms with van der Waals surface area (Å²) < 4.78 is 10.5. The monoisotopic (exact) mass is 483 g/mol. The molecule has 0 fully saturated rings. The fraction of sp³-hybridized carbons (Fsp3) is 0.333. The molecule has 9 nitrogen and oxygen atoms in total. The molecule has 1 N–H and O–H groups in total. The van der Waals surface area contributed by atoms with Crippen LogP contribution in [0.4, 0.5) is 5.69 Å². The van der Waals surface area contributed by atoms with Crippen LogP contribution in [0.2, 0.25) is 10.0 Å². The highest BCUT2D eigenvalue weighted by Crippen LogP contribution is 2.31. The summed E-state index contributed by atoms with van der Waals surface area (Å²) in [5.41, 5.74) is 0.382. The van der Waals surface area contributed by atoms with Gasteiger partial charge in [0.2, 0.25) is 11.7 Å². The highest BCUT2D eigenvalue weighted by molar-refractivity contribution is 6.35. The molecule has 2 aromatic rings. The molecule has 2 amide bonds. The predicted molar refractivity (Wildman–Crippen MR) is 120 cm³/mol. The number of benzene rings is 2. The lowest BCUT2D eigenvalue weighted by molar-refractivity contribution is -0.385. The number of rotatable bonds is 10. The summed E-state index contributed by atoms with van der Waals surface area (Å²) in [7, 11) is 1.29. The number of amides is 2. The molecule has 0 saturated carbocycles. The van der Waals surface area contributed by atoms with E-state index in [1.807, 2.05) is 0 Å². The van der Waals surface area contributed by atoms with Gasteiger partial charge in [0, 0.05) is 35.3 Å². The van der Waals surface area contributed by atoms with Crippen LogP contribution in [-0.4, -0.2) is 47.9 Å². The Kier molecular flexibility index (Phi) is 9.10. The number of hydrogen-bond donors (Lipinski definition) is 1. The van der Waals surface area contributed by atoms with E-state index in [0.717, 1.165) is 0 Å². The summed E-state index contributed by atoms with van der Waals surface area (Å²) in [5, 5.41) is 14.5. The largest absolute Gasteiger partial charge is 0.490 e. The van der Waals surface area contributed by atoms with Crippen molar-refractivity contribution in [2.75, 3.05) is 20.3 Å². The first-order chi connectivity index (χ1) is 15.2. The van der Waals surface area contributed by atoms with Gasteiger partial charge in [-0.15, -0.1) is 0 Å². The second kappa shape index (κ2) is 11.5. The smallest absolute Gasteiger partial charge is 0.311 e. The number of nitrogens with zero attached hydrogens (tertiary/aromatic N) is 2. The lowest BCUT2D eigenvalue weighted by Gasteiger charge is -2.29. The molecule has 1 atom stereocenters. The van der Waals surface area contributed by atoms with Crippen molar-refractivity contribution in [2.45, 2.75) is 26.4 Å². The summed E-state index contributed by atoms with van der Waals surface area (Å²) in [6.45, 7) is 3.43. The fourth-order valence-electron chi connectivity index (χ4n) is 2.86. The molecule has 0 aliphatic rings.